The van der Waals surface area contributed by atoms with Crippen molar-refractivity contribution in [2.45, 2.75) is 53.3 Å². The van der Waals surface area contributed by atoms with Crippen LogP contribution in [0.3, 0.4) is 0 Å². The van der Waals surface area contributed by atoms with Gasteiger partial charge in [0.15, 0.2) is 9.04 Å². The van der Waals surface area contributed by atoms with Gasteiger partial charge >= 0.3 is 0 Å². The molecule has 0 aliphatic carbocycles. The van der Waals surface area contributed by atoms with E-state index in [1.807, 2.05) is 6.92 Å². The molecule has 1 saturated heterocycles. The molecule has 4 atom stereocenters. The maximum absolute atomic E-state index is 12.5. The van der Waals surface area contributed by atoms with Gasteiger partial charge in [0.2, 0.25) is 5.91 Å². The standard InChI is InChI=1S/C21H32N2O4SSi/c1-13(17(28)11-14-9-7-8-10-16(14)23(25)26)19-18(20(24)22-19)15(21(2,3)4)12-27-29(5)6/h7-10,13,15,18-19,29H,11-12H2,1-6H3,(H,22,24)/t13-,15+,18-,19+/m0/s1. The number of nitro benzene ring substituents is 1. The molecule has 29 heavy (non-hydrogen) atoms. The van der Waals surface area contributed by atoms with Crippen LogP contribution >= 0.6 is 12.2 Å². The number of nitro groups is 1. The molecule has 8 heteroatoms. The zero-order chi connectivity index (χ0) is 21.9. The summed E-state index contributed by atoms with van der Waals surface area (Å²) < 4.78 is 6.01. The molecule has 1 amide bonds. The van der Waals surface area contributed by atoms with Gasteiger partial charge in [-0.25, -0.2) is 0 Å². The minimum Gasteiger partial charge on any atom is -0.420 e. The van der Waals surface area contributed by atoms with E-state index in [1.54, 1.807) is 18.2 Å². The van der Waals surface area contributed by atoms with E-state index in [0.717, 1.165) is 4.86 Å². The molecule has 1 fully saturated rings. The fourth-order valence-corrected chi connectivity index (χ4v) is 4.76. The summed E-state index contributed by atoms with van der Waals surface area (Å²) in [5, 5.41) is 14.3. The van der Waals surface area contributed by atoms with Gasteiger partial charge < -0.3 is 9.74 Å². The quantitative estimate of drug-likeness (QED) is 0.209. The Morgan fingerprint density at radius 1 is 1.34 bits per heavy atom. The predicted octanol–water partition coefficient (Wildman–Crippen LogP) is 3.92. The van der Waals surface area contributed by atoms with E-state index in [1.165, 1.54) is 6.07 Å². The lowest BCUT2D eigenvalue weighted by atomic mass is 9.64. The Labute approximate surface area is 180 Å². The maximum Gasteiger partial charge on any atom is 0.272 e. The molecule has 0 radical (unpaired) electrons. The van der Waals surface area contributed by atoms with E-state index in [0.29, 0.717) is 18.6 Å². The number of thiocarbonyl (C=S) groups is 1. The Morgan fingerprint density at radius 3 is 2.48 bits per heavy atom. The first-order valence-electron chi connectivity index (χ1n) is 10.1. The van der Waals surface area contributed by atoms with Crippen LogP contribution in [0.5, 0.6) is 0 Å². The Bertz CT molecular complexity index is 778. The van der Waals surface area contributed by atoms with Gasteiger partial charge in [0, 0.05) is 41.5 Å². The number of carbonyl (C=O) groups is 1. The van der Waals surface area contributed by atoms with Crippen molar-refractivity contribution < 1.29 is 14.1 Å². The van der Waals surface area contributed by atoms with Gasteiger partial charge in [0.25, 0.3) is 5.69 Å². The minimum absolute atomic E-state index is 0.0456. The van der Waals surface area contributed by atoms with Gasteiger partial charge in [-0.05, 0) is 24.4 Å². The second kappa shape index (κ2) is 9.45. The number of nitrogens with one attached hydrogen (secondary N) is 1. The smallest absolute Gasteiger partial charge is 0.272 e. The van der Waals surface area contributed by atoms with Gasteiger partial charge in [0.05, 0.1) is 10.8 Å². The average molecular weight is 437 g/mol. The summed E-state index contributed by atoms with van der Waals surface area (Å²) in [5.74, 6) is -0.0909. The van der Waals surface area contributed by atoms with Crippen molar-refractivity contribution in [1.82, 2.24) is 5.32 Å². The van der Waals surface area contributed by atoms with Gasteiger partial charge in [0.1, 0.15) is 0 Å². The van der Waals surface area contributed by atoms with Crippen LogP contribution in [0.15, 0.2) is 24.3 Å². The van der Waals surface area contributed by atoms with Gasteiger partial charge in [-0.1, -0.05) is 58.1 Å². The van der Waals surface area contributed by atoms with Crippen molar-refractivity contribution in [3.63, 3.8) is 0 Å². The van der Waals surface area contributed by atoms with Crippen molar-refractivity contribution in [3.8, 4) is 0 Å². The molecule has 0 saturated carbocycles. The molecule has 1 heterocycles. The minimum atomic E-state index is -1.20. The molecule has 1 aliphatic rings. The summed E-state index contributed by atoms with van der Waals surface area (Å²) in [7, 11) is -1.20. The van der Waals surface area contributed by atoms with Gasteiger partial charge in [-0.3, -0.25) is 14.9 Å². The van der Waals surface area contributed by atoms with Crippen LogP contribution < -0.4 is 5.32 Å². The van der Waals surface area contributed by atoms with E-state index in [-0.39, 0.29) is 45.7 Å². The number of carbonyl (C=O) groups excluding carboxylic acids is 1. The van der Waals surface area contributed by atoms with Crippen LogP contribution in [0, 0.1) is 33.3 Å². The SMILES string of the molecule is C[C@@H](C(=S)Cc1ccccc1[N+](=O)[O-])[C@H]1NC(=O)[C@H]1[C@@H](CO[SiH](C)C)C(C)(C)C. The predicted molar refractivity (Wildman–Crippen MR) is 122 cm³/mol. The van der Waals surface area contributed by atoms with Crippen LogP contribution in [0.4, 0.5) is 5.69 Å². The number of para-hydroxylation sites is 1. The first-order chi connectivity index (χ1) is 13.4. The van der Waals surface area contributed by atoms with Crippen LogP contribution in [-0.4, -0.2) is 37.4 Å². The molecule has 0 aromatic heterocycles. The first kappa shape index (κ1) is 23.6. The highest BCUT2D eigenvalue weighted by Gasteiger charge is 2.50. The number of β-lactam (4-membered cyclic amide) rings is 1. The van der Waals surface area contributed by atoms with Crippen molar-refractivity contribution in [2.24, 2.45) is 23.2 Å². The molecule has 2 rings (SSSR count). The van der Waals surface area contributed by atoms with E-state index in [4.69, 9.17) is 16.6 Å². The third-order valence-electron chi connectivity index (χ3n) is 5.75. The Kier molecular flexibility index (Phi) is 7.70. The number of amides is 1. The highest BCUT2D eigenvalue weighted by atomic mass is 32.1. The van der Waals surface area contributed by atoms with Crippen LogP contribution in [0.25, 0.3) is 0 Å². The molecule has 1 aromatic rings. The Morgan fingerprint density at radius 2 is 1.97 bits per heavy atom. The largest absolute Gasteiger partial charge is 0.420 e. The third-order valence-corrected chi connectivity index (χ3v) is 7.13. The molecule has 1 aliphatic heterocycles. The summed E-state index contributed by atoms with van der Waals surface area (Å²) in [6.45, 7) is 13.3. The molecule has 0 unspecified atom stereocenters. The number of rotatable bonds is 9. The van der Waals surface area contributed by atoms with Crippen molar-refractivity contribution >= 4 is 37.7 Å². The molecule has 0 bridgehead atoms. The topological polar surface area (TPSA) is 81.5 Å². The zero-order valence-electron chi connectivity index (χ0n) is 18.1. The molecule has 1 N–H and O–H groups in total. The summed E-state index contributed by atoms with van der Waals surface area (Å²) in [6, 6.07) is 6.61. The molecule has 1 aromatic carbocycles. The van der Waals surface area contributed by atoms with Crippen LogP contribution in [0.2, 0.25) is 13.1 Å². The summed E-state index contributed by atoms with van der Waals surface area (Å²) >= 11 is 5.66. The summed E-state index contributed by atoms with van der Waals surface area (Å²) in [4.78, 5) is 24.2. The maximum atomic E-state index is 12.5. The second-order valence-corrected chi connectivity index (χ2v) is 12.2. The van der Waals surface area contributed by atoms with E-state index < -0.39 is 9.04 Å². The van der Waals surface area contributed by atoms with Crippen molar-refractivity contribution in [2.75, 3.05) is 6.61 Å². The molecular weight excluding hydrogens is 404 g/mol. The lowest BCUT2D eigenvalue weighted by Gasteiger charge is -2.48. The van der Waals surface area contributed by atoms with E-state index >= 15 is 0 Å². The number of hydrogen-bond acceptors (Lipinski definition) is 5. The highest BCUT2D eigenvalue weighted by molar-refractivity contribution is 7.80. The Balaban J connectivity index is 2.17. The molecule has 0 spiro atoms. The third kappa shape index (κ3) is 5.70. The van der Waals surface area contributed by atoms with E-state index in [2.05, 4.69) is 39.2 Å². The normalized spacial score (nSPS) is 21.3. The van der Waals surface area contributed by atoms with Crippen molar-refractivity contribution in [3.05, 3.63) is 39.9 Å². The molecule has 160 valence electrons. The lowest BCUT2D eigenvalue weighted by molar-refractivity contribution is -0.385. The van der Waals surface area contributed by atoms with Gasteiger partial charge in [-0.2, -0.15) is 0 Å². The molecular formula is C21H32N2O4SSi. The van der Waals surface area contributed by atoms with E-state index in [9.17, 15) is 14.9 Å². The number of nitrogens with zero attached hydrogens (tertiary/aromatic N) is 1. The van der Waals surface area contributed by atoms with Gasteiger partial charge in [-0.15, -0.1) is 0 Å². The number of hydrogen-bond donors (Lipinski definition) is 1. The summed E-state index contributed by atoms with van der Waals surface area (Å²) in [6.07, 6.45) is 0.350. The van der Waals surface area contributed by atoms with Crippen molar-refractivity contribution in [1.29, 1.82) is 0 Å². The molecule has 6 nitrogen and oxygen atoms in total. The zero-order valence-corrected chi connectivity index (χ0v) is 20.1. The fourth-order valence-electron chi connectivity index (χ4n) is 3.86. The first-order valence-corrected chi connectivity index (χ1v) is 13.3. The monoisotopic (exact) mass is 436 g/mol. The lowest BCUT2D eigenvalue weighted by Crippen LogP contribution is -2.66. The van der Waals surface area contributed by atoms with Crippen LogP contribution in [-0.2, 0) is 15.6 Å². The Hall–Kier alpha value is -1.64. The second-order valence-electron chi connectivity index (χ2n) is 9.23. The summed E-state index contributed by atoms with van der Waals surface area (Å²) in [5.41, 5.74) is 0.612. The average Bonchev–Trinajstić information content (AvgIpc) is 2.61. The fraction of sp³-hybridized carbons (Fsp3) is 0.619. The number of benzene rings is 1. The highest BCUT2D eigenvalue weighted by Crippen LogP contribution is 2.40. The van der Waals surface area contributed by atoms with Crippen LogP contribution in [0.1, 0.15) is 33.3 Å².